The number of rotatable bonds is 7. The highest BCUT2D eigenvalue weighted by Crippen LogP contribution is 2.30. The van der Waals surface area contributed by atoms with E-state index in [0.29, 0.717) is 29.9 Å². The molecule has 0 saturated heterocycles. The highest BCUT2D eigenvalue weighted by molar-refractivity contribution is 8.09. The van der Waals surface area contributed by atoms with Gasteiger partial charge in [0.2, 0.25) is 0 Å². The minimum absolute atomic E-state index is 0. The molecule has 0 atom stereocenters. The third kappa shape index (κ3) is 4.86. The van der Waals surface area contributed by atoms with Gasteiger partial charge in [-0.05, 0) is 2.70 Å². The number of halogens is 1. The Morgan fingerprint density at radius 3 is 1.45 bits per heavy atom. The van der Waals surface area contributed by atoms with Crippen LogP contribution in [0.4, 0.5) is 0 Å². The molecule has 0 spiro atoms. The van der Waals surface area contributed by atoms with Crippen LogP contribution in [0.5, 0.6) is 0 Å². The first-order chi connectivity index (χ1) is 12.7. The molecular weight excluding hydrogens is 462 g/mol. The first-order valence-corrected chi connectivity index (χ1v) is 13.4. The number of ketones is 1. The quantitative estimate of drug-likeness (QED) is 0.335. The molecule has 0 bridgehead atoms. The number of quaternary nitrogens is 1. The molecule has 29 heavy (non-hydrogen) atoms. The summed E-state index contributed by atoms with van der Waals surface area (Å²) in [7, 11) is -13.8. The minimum Gasteiger partial charge on any atom is -1.00 e. The van der Waals surface area contributed by atoms with Crippen molar-refractivity contribution < 1.29 is 45.2 Å². The van der Waals surface area contributed by atoms with E-state index >= 15 is 0 Å². The van der Waals surface area contributed by atoms with Crippen molar-refractivity contribution in [1.82, 2.24) is 0 Å². The summed E-state index contributed by atoms with van der Waals surface area (Å²) in [5.41, 5.74) is 0.876. The summed E-state index contributed by atoms with van der Waals surface area (Å²) >= 11 is 0. The van der Waals surface area contributed by atoms with E-state index in [-0.39, 0.29) is 23.8 Å². The Kier molecular flexibility index (Phi) is 7.42. The number of hydrogen-bond donors (Lipinski definition) is 0. The van der Waals surface area contributed by atoms with Gasteiger partial charge in [-0.1, -0.05) is 54.6 Å². The van der Waals surface area contributed by atoms with Crippen LogP contribution in [0, 0.1) is 0 Å². The van der Waals surface area contributed by atoms with E-state index in [1.807, 2.05) is 0 Å². The van der Waals surface area contributed by atoms with Crippen molar-refractivity contribution in [2.45, 2.75) is 6.54 Å². The fourth-order valence-corrected chi connectivity index (χ4v) is 9.88. The van der Waals surface area contributed by atoms with Gasteiger partial charge in [-0.25, -0.2) is 0 Å². The lowest BCUT2D eigenvalue weighted by atomic mass is 10.0. The standard InChI is InChI=1S/C17H20NO7S3.ClH/c1-26(20,21)18(27(2,22)23,28(3,24)25)13-14-9-11-16(12-10-14)17(19)15-7-5-4-6-8-15;/h4-12H,13H2,1-3H3;1H/q+1;/p-1. The molecule has 2 aromatic rings. The number of nitrogens with zero attached hydrogens (tertiary/aromatic N) is 1. The topological polar surface area (TPSA) is 119 Å². The Morgan fingerprint density at radius 1 is 0.690 bits per heavy atom. The van der Waals surface area contributed by atoms with Gasteiger partial charge < -0.3 is 12.4 Å². The molecule has 160 valence electrons. The normalized spacial score (nSPS) is 12.8. The van der Waals surface area contributed by atoms with E-state index in [4.69, 9.17) is 0 Å². The number of carbonyl (C=O) groups is 1. The predicted octanol–water partition coefficient (Wildman–Crippen LogP) is -1.88. The van der Waals surface area contributed by atoms with Crippen LogP contribution in [0.2, 0.25) is 0 Å². The average molecular weight is 482 g/mol. The van der Waals surface area contributed by atoms with Crippen molar-refractivity contribution in [3.63, 3.8) is 0 Å². The fraction of sp³-hybridized carbons (Fsp3) is 0.235. The van der Waals surface area contributed by atoms with Gasteiger partial charge in [0, 0.05) is 16.7 Å². The zero-order chi connectivity index (χ0) is 21.4. The first-order valence-electron chi connectivity index (χ1n) is 7.88. The van der Waals surface area contributed by atoms with Crippen LogP contribution in [-0.2, 0) is 36.6 Å². The number of hydrogen-bond acceptors (Lipinski definition) is 7. The van der Waals surface area contributed by atoms with Crippen LogP contribution in [0.3, 0.4) is 0 Å². The second kappa shape index (κ2) is 8.52. The van der Waals surface area contributed by atoms with Crippen LogP contribution in [0.25, 0.3) is 0 Å². The van der Waals surface area contributed by atoms with Crippen molar-refractivity contribution in [2.75, 3.05) is 18.8 Å². The molecule has 8 nitrogen and oxygen atoms in total. The summed E-state index contributed by atoms with van der Waals surface area (Å²) in [5, 5.41) is 0. The molecular formula is C17H20ClNO7S3. The minimum atomic E-state index is -4.61. The van der Waals surface area contributed by atoms with Gasteiger partial charge in [-0.3, -0.25) is 4.79 Å². The highest BCUT2D eigenvalue weighted by Gasteiger charge is 2.57. The molecule has 0 unspecified atom stereocenters. The van der Waals surface area contributed by atoms with Gasteiger partial charge in [0.05, 0.1) is 18.8 Å². The average Bonchev–Trinajstić information content (AvgIpc) is 2.57. The SMILES string of the molecule is CS(=O)(=O)[N+](Cc1ccc(C(=O)c2ccccc2)cc1)(S(C)(=O)=O)S(C)(=O)=O.[Cl-]. The number of sulfonamides is 3. The van der Waals surface area contributed by atoms with E-state index in [9.17, 15) is 30.0 Å². The van der Waals surface area contributed by atoms with E-state index in [0.717, 1.165) is 0 Å². The fourth-order valence-electron chi connectivity index (χ4n) is 2.83. The van der Waals surface area contributed by atoms with Crippen molar-refractivity contribution in [2.24, 2.45) is 0 Å². The van der Waals surface area contributed by atoms with Gasteiger partial charge in [0.1, 0.15) is 0 Å². The zero-order valence-electron chi connectivity index (χ0n) is 15.8. The molecule has 0 aliphatic heterocycles. The molecule has 0 amide bonds. The van der Waals surface area contributed by atoms with E-state index in [1.54, 1.807) is 30.3 Å². The van der Waals surface area contributed by atoms with Crippen molar-refractivity contribution in [3.8, 4) is 0 Å². The van der Waals surface area contributed by atoms with Crippen LogP contribution >= 0.6 is 0 Å². The lowest BCUT2D eigenvalue weighted by Gasteiger charge is -2.30. The molecule has 0 aliphatic carbocycles. The molecule has 0 heterocycles. The second-order valence-corrected chi connectivity index (χ2v) is 13.3. The molecule has 2 rings (SSSR count). The van der Waals surface area contributed by atoms with Gasteiger partial charge in [-0.2, -0.15) is 25.3 Å². The third-order valence-corrected chi connectivity index (χ3v) is 12.4. The molecule has 0 radical (unpaired) electrons. The monoisotopic (exact) mass is 481 g/mol. The van der Waals surface area contributed by atoms with E-state index < -0.39 is 39.3 Å². The van der Waals surface area contributed by atoms with Crippen molar-refractivity contribution in [1.29, 1.82) is 0 Å². The van der Waals surface area contributed by atoms with Gasteiger partial charge in [0.25, 0.3) is 0 Å². The van der Waals surface area contributed by atoms with Gasteiger partial charge >= 0.3 is 30.1 Å². The molecule has 0 N–H and O–H groups in total. The summed E-state index contributed by atoms with van der Waals surface area (Å²) in [6.07, 6.45) is 1.67. The predicted molar refractivity (Wildman–Crippen MR) is 105 cm³/mol. The summed E-state index contributed by atoms with van der Waals surface area (Å²) in [6.45, 7) is -0.837. The maximum Gasteiger partial charge on any atom is 0.323 e. The molecule has 2 aromatic carbocycles. The Labute approximate surface area is 177 Å². The van der Waals surface area contributed by atoms with Crippen LogP contribution in [0.1, 0.15) is 21.5 Å². The third-order valence-electron chi connectivity index (χ3n) is 4.14. The molecule has 0 aromatic heterocycles. The molecule has 0 aliphatic rings. The van der Waals surface area contributed by atoms with Crippen molar-refractivity contribution >= 4 is 35.9 Å². The van der Waals surface area contributed by atoms with Gasteiger partial charge in [0.15, 0.2) is 12.3 Å². The molecule has 0 fully saturated rings. The van der Waals surface area contributed by atoms with E-state index in [2.05, 4.69) is 0 Å². The van der Waals surface area contributed by atoms with Crippen LogP contribution in [0.15, 0.2) is 54.6 Å². The van der Waals surface area contributed by atoms with Crippen molar-refractivity contribution in [3.05, 3.63) is 71.3 Å². The smallest absolute Gasteiger partial charge is 0.323 e. The lowest BCUT2D eigenvalue weighted by Crippen LogP contribution is -3.00. The van der Waals surface area contributed by atoms with E-state index in [1.165, 1.54) is 24.3 Å². The van der Waals surface area contributed by atoms with Crippen LogP contribution in [-0.4, -0.2) is 52.5 Å². The maximum atomic E-state index is 12.4. The summed E-state index contributed by atoms with van der Waals surface area (Å²) in [5.74, 6) is -0.276. The molecule has 12 heteroatoms. The highest BCUT2D eigenvalue weighted by atomic mass is 35.5. The maximum absolute atomic E-state index is 12.4. The summed E-state index contributed by atoms with van der Waals surface area (Å²) in [4.78, 5) is 12.4. The molecule has 0 saturated carbocycles. The largest absolute Gasteiger partial charge is 1.00 e. The Morgan fingerprint density at radius 2 is 1.07 bits per heavy atom. The zero-order valence-corrected chi connectivity index (χ0v) is 19.0. The summed E-state index contributed by atoms with van der Waals surface area (Å²) in [6, 6.07) is 13.9. The summed E-state index contributed by atoms with van der Waals surface area (Å²) < 4.78 is 71.5. The Balaban J connectivity index is 0.00000420. The Hall–Kier alpha value is -1.79. The Bertz CT molecular complexity index is 1130. The van der Waals surface area contributed by atoms with Gasteiger partial charge in [-0.15, -0.1) is 0 Å². The van der Waals surface area contributed by atoms with Crippen LogP contribution < -0.4 is 12.4 Å². The number of carbonyl (C=O) groups excluding carboxylic acids is 1. The number of benzene rings is 2. The lowest BCUT2D eigenvalue weighted by molar-refractivity contribution is -0.540. The first kappa shape index (κ1) is 25.2. The second-order valence-electron chi connectivity index (χ2n) is 6.36.